The first-order valence-electron chi connectivity index (χ1n) is 23.9. The van der Waals surface area contributed by atoms with Crippen LogP contribution in [0.1, 0.15) is 74.6 Å². The summed E-state index contributed by atoms with van der Waals surface area (Å²) in [6, 6.07) is 6.10. The van der Waals surface area contributed by atoms with Gasteiger partial charge in [0.1, 0.15) is 48.0 Å². The van der Waals surface area contributed by atoms with Crippen LogP contribution in [0.4, 0.5) is 54.5 Å². The van der Waals surface area contributed by atoms with E-state index in [2.05, 4.69) is 20.5 Å². The van der Waals surface area contributed by atoms with Crippen molar-refractivity contribution in [3.8, 4) is 11.1 Å². The Morgan fingerprint density at radius 1 is 0.885 bits per heavy atom. The maximum absolute atomic E-state index is 15.5. The molecule has 3 unspecified atom stereocenters. The van der Waals surface area contributed by atoms with Crippen molar-refractivity contribution >= 4 is 62.1 Å². The molecule has 0 fully saturated rings. The summed E-state index contributed by atoms with van der Waals surface area (Å²) in [7, 11) is -3.07. The van der Waals surface area contributed by atoms with Gasteiger partial charge in [-0.3, -0.25) is 23.4 Å². The number of benzene rings is 2. The summed E-state index contributed by atoms with van der Waals surface area (Å²) < 4.78 is 192. The van der Waals surface area contributed by atoms with E-state index in [0.717, 1.165) is 25.3 Å². The second-order valence-corrected chi connectivity index (χ2v) is 22.4. The Kier molecular flexibility index (Phi) is 21.8. The number of nitrogens with one attached hydrogen (secondary N) is 1. The van der Waals surface area contributed by atoms with Gasteiger partial charge in [0, 0.05) is 62.4 Å². The Labute approximate surface area is 452 Å². The summed E-state index contributed by atoms with van der Waals surface area (Å²) in [5.74, 6) is -9.41. The van der Waals surface area contributed by atoms with Crippen LogP contribution in [0.25, 0.3) is 22.0 Å². The van der Waals surface area contributed by atoms with Gasteiger partial charge in [0.25, 0.3) is 5.92 Å². The predicted octanol–water partition coefficient (Wildman–Crippen LogP) is 9.20. The van der Waals surface area contributed by atoms with E-state index in [4.69, 9.17) is 35.7 Å². The third-order valence-electron chi connectivity index (χ3n) is 11.8. The van der Waals surface area contributed by atoms with E-state index < -0.39 is 136 Å². The minimum Gasteiger partial charge on any atom is -0.446 e. The molecular weight excluding hydrogens is 1120 g/mol. The van der Waals surface area contributed by atoms with Crippen molar-refractivity contribution in [2.45, 2.75) is 96.0 Å². The largest absolute Gasteiger partial charge is 0.446 e. The number of carbonyl (C=O) groups is 2. The lowest BCUT2D eigenvalue weighted by atomic mass is 9.93. The average molecular weight is 1180 g/mol. The van der Waals surface area contributed by atoms with Gasteiger partial charge in [-0.05, 0) is 69.9 Å². The number of aryl methyl sites for hydroxylation is 1. The number of nitrogens with zero attached hydrogens (tertiary/aromatic N) is 6. The van der Waals surface area contributed by atoms with Crippen molar-refractivity contribution in [1.29, 1.82) is 0 Å². The maximum Gasteiger partial charge on any atom is 0.435 e. The van der Waals surface area contributed by atoms with Gasteiger partial charge in [-0.15, -0.1) is 0 Å². The first kappa shape index (κ1) is 63.6. The number of ether oxygens (including phenoxy) is 4. The number of carbonyl (C=O) groups excluding carboxylic acids is 2. The van der Waals surface area contributed by atoms with Gasteiger partial charge in [-0.2, -0.15) is 49.6 Å². The number of fused-ring (bicyclic) bond motifs is 2. The van der Waals surface area contributed by atoms with Crippen molar-refractivity contribution in [2.24, 2.45) is 5.92 Å². The molecule has 2 amide bonds. The van der Waals surface area contributed by atoms with Gasteiger partial charge in [-0.25, -0.2) is 17.8 Å². The lowest BCUT2D eigenvalue weighted by molar-refractivity contribution is -0.143. The first-order valence-corrected chi connectivity index (χ1v) is 27.4. The molecule has 4 atom stereocenters. The molecule has 0 bridgehead atoms. The number of pyridine rings is 1. The quantitative estimate of drug-likeness (QED) is 0.0495. The molecule has 78 heavy (non-hydrogen) atoms. The second-order valence-electron chi connectivity index (χ2n) is 18.6. The highest BCUT2D eigenvalue weighted by molar-refractivity contribution is 7.86. The minimum absolute atomic E-state index is 0.0278. The molecule has 6 rings (SSSR count). The fourth-order valence-electron chi connectivity index (χ4n) is 7.91. The summed E-state index contributed by atoms with van der Waals surface area (Å²) in [4.78, 5) is 32.2. The van der Waals surface area contributed by atoms with E-state index in [9.17, 15) is 53.1 Å². The fraction of sp³-hybridized carbons (Fsp3) is 0.531. The van der Waals surface area contributed by atoms with Gasteiger partial charge in [-0.1, -0.05) is 37.6 Å². The average Bonchev–Trinajstić information content (AvgIpc) is 3.98. The molecule has 0 aliphatic heterocycles. The van der Waals surface area contributed by atoms with E-state index in [-0.39, 0.29) is 94.9 Å². The predicted molar refractivity (Wildman–Crippen MR) is 270 cm³/mol. The number of halogens is 11. The van der Waals surface area contributed by atoms with Crippen molar-refractivity contribution in [2.75, 3.05) is 69.7 Å². The Morgan fingerprint density at radius 2 is 1.46 bits per heavy atom. The fourth-order valence-corrected chi connectivity index (χ4v) is 8.78. The number of aromatic nitrogens is 5. The van der Waals surface area contributed by atoms with E-state index in [1.165, 1.54) is 24.3 Å². The third kappa shape index (κ3) is 16.4. The molecule has 16 nitrogen and oxygen atoms in total. The minimum atomic E-state index is -5.18. The van der Waals surface area contributed by atoms with Crippen molar-refractivity contribution in [3.63, 3.8) is 0 Å². The zero-order valence-corrected chi connectivity index (χ0v) is 45.6. The zero-order chi connectivity index (χ0) is 58.1. The molecule has 0 saturated carbocycles. The SMILES string of the molecule is CCc1ccc(-c2ccc(Cl)c3c(N(C(=O)OCCOCCOCCOCCO)S(C)=O)nn(CC(F)(F)F)c23)c(C(Cc2cc(F)cc(F)c2)NC(=O)Cn2nc(C(F)(F)F)c3c2C(F)(F)[C@H](C)C3)n1.CS(=O)C(C)(C)C. The highest BCUT2D eigenvalue weighted by atomic mass is 35.5. The molecule has 2 N–H and O–H groups in total. The summed E-state index contributed by atoms with van der Waals surface area (Å²) in [5, 5.41) is 18.1. The molecule has 0 radical (unpaired) electrons. The third-order valence-corrected chi connectivity index (χ3v) is 14.7. The molecule has 3 heterocycles. The molecule has 3 aromatic heterocycles. The molecular formula is C49H58ClF10N7O9S2. The number of hydrogen-bond donors (Lipinski definition) is 2. The van der Waals surface area contributed by atoms with Crippen molar-refractivity contribution in [1.82, 2.24) is 29.9 Å². The molecule has 2 aromatic carbocycles. The van der Waals surface area contributed by atoms with Crippen LogP contribution >= 0.6 is 11.6 Å². The van der Waals surface area contributed by atoms with E-state index in [0.29, 0.717) is 20.7 Å². The Balaban J connectivity index is 0.00000150. The van der Waals surface area contributed by atoms with Crippen LogP contribution in [0, 0.1) is 17.6 Å². The summed E-state index contributed by atoms with van der Waals surface area (Å²) in [6.45, 7) is 5.53. The number of hydrogen-bond acceptors (Lipinski definition) is 12. The van der Waals surface area contributed by atoms with Crippen molar-refractivity contribution < 1.29 is 86.0 Å². The number of aliphatic hydroxyl groups excluding tert-OH is 1. The normalized spacial score (nSPS) is 15.6. The highest BCUT2D eigenvalue weighted by Crippen LogP contribution is 2.50. The van der Waals surface area contributed by atoms with Crippen LogP contribution in [0.3, 0.4) is 0 Å². The number of aliphatic hydroxyl groups is 1. The van der Waals surface area contributed by atoms with Gasteiger partial charge in [0.2, 0.25) is 5.91 Å². The van der Waals surface area contributed by atoms with Gasteiger partial charge >= 0.3 is 18.4 Å². The molecule has 432 valence electrons. The van der Waals surface area contributed by atoms with Crippen LogP contribution in [0.5, 0.6) is 0 Å². The van der Waals surface area contributed by atoms with E-state index in [1.807, 2.05) is 20.8 Å². The Morgan fingerprint density at radius 3 is 2.00 bits per heavy atom. The lowest BCUT2D eigenvalue weighted by Gasteiger charge is -2.24. The van der Waals surface area contributed by atoms with Gasteiger partial charge in [0.05, 0.1) is 73.9 Å². The number of amides is 2. The zero-order valence-electron chi connectivity index (χ0n) is 43.3. The molecule has 29 heteroatoms. The van der Waals surface area contributed by atoms with E-state index >= 15 is 8.78 Å². The molecule has 1 aliphatic rings. The van der Waals surface area contributed by atoms with E-state index in [1.54, 1.807) is 13.2 Å². The van der Waals surface area contributed by atoms with Crippen molar-refractivity contribution in [3.05, 3.63) is 93.0 Å². The number of alkyl halides is 8. The monoisotopic (exact) mass is 1180 g/mol. The highest BCUT2D eigenvalue weighted by Gasteiger charge is 2.54. The molecule has 0 spiro atoms. The number of rotatable bonds is 22. The van der Waals surface area contributed by atoms with Gasteiger partial charge < -0.3 is 29.4 Å². The maximum atomic E-state index is 15.5. The van der Waals surface area contributed by atoms with Crippen LogP contribution in [0.2, 0.25) is 5.02 Å². The van der Waals surface area contributed by atoms with Crippen LogP contribution in [0.15, 0.2) is 42.5 Å². The smallest absolute Gasteiger partial charge is 0.435 e. The first-order chi connectivity index (χ1) is 36.4. The Bertz CT molecular complexity index is 2930. The standard InChI is InChI=1S/C44H46ClF10N7O8S.C5H12OS/c1-4-28-5-6-29(36(56-28)33(20-25-18-26(46)21-27(47)19-25)57-34(64)22-60-39-31(17-24(2)43(39,51)52)38(58-60)44(53,54)55)30-7-8-32(45)35-37(30)61(23-42(48,49)50)59-40(35)62(71(3)66)41(65)70-16-15-69-14-13-68-12-11-67-10-9-63;1-5(2,3)7(4)6/h5-8,18-19,21,24,33,63H,4,9-17,20,22-23H2,1-3H3,(H,57,64);1-4H3/t24-,33?,71?;/m1./s1. The topological polar surface area (TPSA) is 189 Å². The molecule has 1 aliphatic carbocycles. The summed E-state index contributed by atoms with van der Waals surface area (Å²) in [5.41, 5.74) is -4.19. The van der Waals surface area contributed by atoms with Crippen LogP contribution in [-0.4, -0.2) is 126 Å². The molecule has 0 saturated heterocycles. The van der Waals surface area contributed by atoms with Crippen LogP contribution in [-0.2, 0) is 90.0 Å². The van der Waals surface area contributed by atoms with Crippen LogP contribution < -0.4 is 9.62 Å². The van der Waals surface area contributed by atoms with Gasteiger partial charge in [0.15, 0.2) is 11.5 Å². The molecule has 5 aromatic rings. The lowest BCUT2D eigenvalue weighted by Crippen LogP contribution is -2.35. The summed E-state index contributed by atoms with van der Waals surface area (Å²) >= 11 is 6.68. The number of anilines is 1. The summed E-state index contributed by atoms with van der Waals surface area (Å²) in [6.07, 6.45) is -9.81. The second kappa shape index (κ2) is 26.8. The Hall–Kier alpha value is -5.26.